The van der Waals surface area contributed by atoms with E-state index in [1.807, 2.05) is 97.1 Å². The van der Waals surface area contributed by atoms with E-state index in [4.69, 9.17) is 18.9 Å². The Balaban J connectivity index is 1.55. The minimum Gasteiger partial charge on any atom is -0.504 e. The molecule has 8 aromatic carbocycles. The van der Waals surface area contributed by atoms with Gasteiger partial charge in [0.25, 0.3) is 0 Å². The van der Waals surface area contributed by atoms with Crippen LogP contribution in [0.4, 0.5) is 0 Å². The highest BCUT2D eigenvalue weighted by Crippen LogP contribution is 2.60. The Morgan fingerprint density at radius 2 is 0.596 bits per heavy atom. The molecule has 0 aliphatic heterocycles. The number of hydrogen-bond acceptors (Lipinski definition) is 8. The Morgan fingerprint density at radius 1 is 0.327 bits per heavy atom. The molecule has 0 atom stereocenters. The summed E-state index contributed by atoms with van der Waals surface area (Å²) in [7, 11) is 5.91. The fourth-order valence-electron chi connectivity index (χ4n) is 7.74. The molecule has 0 amide bonds. The summed E-state index contributed by atoms with van der Waals surface area (Å²) in [6.45, 7) is 0. The standard InChI is InChI=1S/C44H34O8/c1-49-41-31(45)21-23-13-5-7-15-25(23)35(41)37-29-19-11-9-17-27(29)33(39(47)43(37)51-3)34-28-18-10-12-20-30(28)38(44(52-4)40(34)48)36-26-16-8-6-14-24(26)22-32(46)42(36)50-2/h5-22,45-48H,1-4H3. The lowest BCUT2D eigenvalue weighted by atomic mass is 9.84. The number of fused-ring (bicyclic) bond motifs is 4. The first-order valence-electron chi connectivity index (χ1n) is 16.6. The van der Waals surface area contributed by atoms with E-state index in [0.717, 1.165) is 21.5 Å². The van der Waals surface area contributed by atoms with E-state index in [9.17, 15) is 20.4 Å². The first kappa shape index (κ1) is 32.4. The number of aromatic hydroxyl groups is 4. The molecule has 0 aliphatic rings. The Hall–Kier alpha value is -6.80. The van der Waals surface area contributed by atoms with E-state index in [2.05, 4.69) is 0 Å². The van der Waals surface area contributed by atoms with Crippen LogP contribution in [0.25, 0.3) is 76.5 Å². The predicted molar refractivity (Wildman–Crippen MR) is 206 cm³/mol. The molecular weight excluding hydrogens is 656 g/mol. The second-order valence-corrected chi connectivity index (χ2v) is 12.4. The summed E-state index contributed by atoms with van der Waals surface area (Å²) < 4.78 is 23.7. The maximum absolute atomic E-state index is 12.4. The number of ether oxygens (including phenoxy) is 4. The molecule has 0 fully saturated rings. The predicted octanol–water partition coefficient (Wildman–Crippen LogP) is 10.2. The minimum absolute atomic E-state index is 0.0650. The van der Waals surface area contributed by atoms with E-state index in [1.54, 1.807) is 12.1 Å². The molecule has 8 aromatic rings. The largest absolute Gasteiger partial charge is 0.504 e. The van der Waals surface area contributed by atoms with Gasteiger partial charge < -0.3 is 39.4 Å². The van der Waals surface area contributed by atoms with Crippen LogP contribution in [0.2, 0.25) is 0 Å². The lowest BCUT2D eigenvalue weighted by molar-refractivity contribution is 0.369. The molecule has 8 rings (SSSR count). The van der Waals surface area contributed by atoms with Crippen molar-refractivity contribution in [3.05, 3.63) is 109 Å². The minimum atomic E-state index is -0.235. The maximum atomic E-state index is 12.4. The zero-order valence-electron chi connectivity index (χ0n) is 28.8. The van der Waals surface area contributed by atoms with Crippen LogP contribution >= 0.6 is 0 Å². The number of benzene rings is 8. The monoisotopic (exact) mass is 690 g/mol. The Labute approximate surface area is 298 Å². The normalized spacial score (nSPS) is 11.4. The third kappa shape index (κ3) is 4.61. The summed E-state index contributed by atoms with van der Waals surface area (Å²) >= 11 is 0. The van der Waals surface area contributed by atoms with Crippen LogP contribution in [0.1, 0.15) is 0 Å². The number of methoxy groups -OCH3 is 4. The van der Waals surface area contributed by atoms with Crippen LogP contribution in [0.15, 0.2) is 109 Å². The van der Waals surface area contributed by atoms with Crippen molar-refractivity contribution < 1.29 is 39.4 Å². The number of phenols is 4. The van der Waals surface area contributed by atoms with Crippen molar-refractivity contribution in [2.45, 2.75) is 0 Å². The topological polar surface area (TPSA) is 118 Å². The molecule has 0 aromatic heterocycles. The van der Waals surface area contributed by atoms with E-state index in [-0.39, 0.29) is 46.0 Å². The van der Waals surface area contributed by atoms with Crippen molar-refractivity contribution in [2.75, 3.05) is 28.4 Å². The van der Waals surface area contributed by atoms with Gasteiger partial charge in [-0.1, -0.05) is 97.1 Å². The molecule has 0 bridgehead atoms. The molecule has 52 heavy (non-hydrogen) atoms. The molecule has 0 unspecified atom stereocenters. The Bertz CT molecular complexity index is 2540. The molecule has 258 valence electrons. The van der Waals surface area contributed by atoms with Crippen molar-refractivity contribution in [3.8, 4) is 79.4 Å². The third-order valence-electron chi connectivity index (χ3n) is 9.82. The Kier molecular flexibility index (Phi) is 7.80. The molecule has 0 saturated heterocycles. The highest BCUT2D eigenvalue weighted by molar-refractivity contribution is 6.22. The average molecular weight is 691 g/mol. The summed E-state index contributed by atoms with van der Waals surface area (Å²) in [6, 6.07) is 33.5. The maximum Gasteiger partial charge on any atom is 0.169 e. The zero-order chi connectivity index (χ0) is 36.3. The van der Waals surface area contributed by atoms with Crippen molar-refractivity contribution >= 4 is 43.1 Å². The van der Waals surface area contributed by atoms with Gasteiger partial charge in [0, 0.05) is 33.4 Å². The van der Waals surface area contributed by atoms with Gasteiger partial charge in [0.2, 0.25) is 0 Å². The SMILES string of the molecule is COc1c(O)cc2ccccc2c1-c1c(OC)c(O)c(-c2c(O)c(OC)c(-c3c(OC)c(O)cc4ccccc34)c3ccccc23)c2ccccc12. The summed E-state index contributed by atoms with van der Waals surface area (Å²) in [5.41, 5.74) is 2.71. The second-order valence-electron chi connectivity index (χ2n) is 12.4. The van der Waals surface area contributed by atoms with E-state index in [0.29, 0.717) is 54.9 Å². The van der Waals surface area contributed by atoms with E-state index >= 15 is 0 Å². The fourth-order valence-corrected chi connectivity index (χ4v) is 7.74. The fraction of sp³-hybridized carbons (Fsp3) is 0.0909. The number of rotatable bonds is 7. The number of hydrogen-bond donors (Lipinski definition) is 4. The smallest absolute Gasteiger partial charge is 0.169 e. The molecule has 8 nitrogen and oxygen atoms in total. The van der Waals surface area contributed by atoms with Crippen LogP contribution in [0, 0.1) is 0 Å². The molecular formula is C44H34O8. The van der Waals surface area contributed by atoms with E-state index < -0.39 is 0 Å². The average Bonchev–Trinajstić information content (AvgIpc) is 3.16. The van der Waals surface area contributed by atoms with Gasteiger partial charge in [-0.3, -0.25) is 0 Å². The molecule has 0 spiro atoms. The van der Waals surface area contributed by atoms with Crippen LogP contribution < -0.4 is 18.9 Å². The van der Waals surface area contributed by atoms with Crippen LogP contribution in [0.3, 0.4) is 0 Å². The van der Waals surface area contributed by atoms with Crippen molar-refractivity contribution in [2.24, 2.45) is 0 Å². The van der Waals surface area contributed by atoms with Gasteiger partial charge in [-0.15, -0.1) is 0 Å². The van der Waals surface area contributed by atoms with Crippen molar-refractivity contribution in [1.29, 1.82) is 0 Å². The second kappa shape index (κ2) is 12.5. The quantitative estimate of drug-likeness (QED) is 0.131. The summed E-state index contributed by atoms with van der Waals surface area (Å²) in [5.74, 6) is 0.0869. The summed E-state index contributed by atoms with van der Waals surface area (Å²) in [6.07, 6.45) is 0. The van der Waals surface area contributed by atoms with Gasteiger partial charge in [0.1, 0.15) is 0 Å². The van der Waals surface area contributed by atoms with E-state index in [1.165, 1.54) is 28.4 Å². The lowest BCUT2D eigenvalue weighted by Gasteiger charge is -2.24. The van der Waals surface area contributed by atoms with Gasteiger partial charge >= 0.3 is 0 Å². The molecule has 8 heteroatoms. The van der Waals surface area contributed by atoms with Gasteiger partial charge in [0.15, 0.2) is 46.0 Å². The van der Waals surface area contributed by atoms with Crippen LogP contribution in [-0.4, -0.2) is 48.9 Å². The first-order valence-corrected chi connectivity index (χ1v) is 16.6. The lowest BCUT2D eigenvalue weighted by Crippen LogP contribution is -2.00. The summed E-state index contributed by atoms with van der Waals surface area (Å²) in [5, 5.41) is 52.8. The highest BCUT2D eigenvalue weighted by atomic mass is 16.5. The molecule has 0 radical (unpaired) electrons. The van der Waals surface area contributed by atoms with Gasteiger partial charge in [0.05, 0.1) is 28.4 Å². The van der Waals surface area contributed by atoms with Gasteiger partial charge in [-0.25, -0.2) is 0 Å². The highest BCUT2D eigenvalue weighted by Gasteiger charge is 2.32. The zero-order valence-corrected chi connectivity index (χ0v) is 28.8. The molecule has 0 heterocycles. The summed E-state index contributed by atoms with van der Waals surface area (Å²) in [4.78, 5) is 0. The number of phenolic OH excluding ortho intramolecular Hbond substituents is 4. The van der Waals surface area contributed by atoms with Gasteiger partial charge in [-0.2, -0.15) is 0 Å². The Morgan fingerprint density at radius 3 is 0.923 bits per heavy atom. The van der Waals surface area contributed by atoms with Crippen LogP contribution in [-0.2, 0) is 0 Å². The first-order chi connectivity index (χ1) is 25.3. The molecule has 0 saturated carbocycles. The van der Waals surface area contributed by atoms with Crippen molar-refractivity contribution in [3.63, 3.8) is 0 Å². The van der Waals surface area contributed by atoms with Crippen LogP contribution in [0.5, 0.6) is 46.0 Å². The van der Waals surface area contributed by atoms with Gasteiger partial charge in [-0.05, 0) is 55.2 Å². The third-order valence-corrected chi connectivity index (χ3v) is 9.82. The molecule has 0 aliphatic carbocycles. The molecule has 4 N–H and O–H groups in total. The van der Waals surface area contributed by atoms with Crippen molar-refractivity contribution in [1.82, 2.24) is 0 Å².